The molecule has 0 aliphatic rings. The predicted molar refractivity (Wildman–Crippen MR) is 75.9 cm³/mol. The summed E-state index contributed by atoms with van der Waals surface area (Å²) in [7, 11) is -3.07. The van der Waals surface area contributed by atoms with E-state index in [-0.39, 0.29) is 5.75 Å². The fraction of sp³-hybridized carbons (Fsp3) is 0.538. The molecule has 18 heavy (non-hydrogen) atoms. The number of aryl methyl sites for hydroxylation is 1. The maximum Gasteiger partial charge on any atom is 0.211 e. The molecule has 1 aromatic carbocycles. The largest absolute Gasteiger partial charge is 0.399 e. The fourth-order valence-electron chi connectivity index (χ4n) is 1.61. The number of nitrogens with one attached hydrogen (secondary N) is 1. The normalized spacial score (nSPS) is 11.6. The average molecular weight is 270 g/mol. The predicted octanol–water partition coefficient (Wildman–Crippen LogP) is 1.92. The van der Waals surface area contributed by atoms with Gasteiger partial charge in [-0.3, -0.25) is 0 Å². The number of unbranched alkanes of at least 4 members (excludes halogenated alkanes) is 1. The van der Waals surface area contributed by atoms with Gasteiger partial charge in [0.25, 0.3) is 0 Å². The van der Waals surface area contributed by atoms with Crippen molar-refractivity contribution in [2.45, 2.75) is 32.6 Å². The molecule has 0 aliphatic carbocycles. The number of hydrogen-bond donors (Lipinski definition) is 2. The topological polar surface area (TPSA) is 72.2 Å². The minimum absolute atomic E-state index is 0.228. The molecule has 0 bridgehead atoms. The summed E-state index contributed by atoms with van der Waals surface area (Å²) < 4.78 is 25.7. The molecule has 4 nitrogen and oxygen atoms in total. The molecule has 0 saturated carbocycles. The minimum atomic E-state index is -3.07. The van der Waals surface area contributed by atoms with Gasteiger partial charge in [-0.05, 0) is 37.0 Å². The molecule has 5 heteroatoms. The first kappa shape index (κ1) is 15.0. The van der Waals surface area contributed by atoms with Crippen LogP contribution in [0.5, 0.6) is 0 Å². The highest BCUT2D eigenvalue weighted by molar-refractivity contribution is 7.89. The Morgan fingerprint density at radius 2 is 1.83 bits per heavy atom. The van der Waals surface area contributed by atoms with Crippen molar-refractivity contribution in [1.82, 2.24) is 4.72 Å². The zero-order chi connectivity index (χ0) is 13.4. The number of rotatable bonds is 8. The smallest absolute Gasteiger partial charge is 0.211 e. The second-order valence-corrected chi connectivity index (χ2v) is 6.34. The van der Waals surface area contributed by atoms with Gasteiger partial charge in [0.2, 0.25) is 10.0 Å². The summed E-state index contributed by atoms with van der Waals surface area (Å²) in [5.74, 6) is 0.228. The summed E-state index contributed by atoms with van der Waals surface area (Å²) in [4.78, 5) is 0. The molecule has 0 aromatic heterocycles. The Balaban J connectivity index is 2.24. The van der Waals surface area contributed by atoms with E-state index >= 15 is 0 Å². The van der Waals surface area contributed by atoms with E-state index in [9.17, 15) is 8.42 Å². The van der Waals surface area contributed by atoms with Crippen LogP contribution in [-0.4, -0.2) is 20.7 Å². The highest BCUT2D eigenvalue weighted by Crippen LogP contribution is 2.07. The van der Waals surface area contributed by atoms with Crippen LogP contribution in [0.4, 0.5) is 5.69 Å². The van der Waals surface area contributed by atoms with Gasteiger partial charge in [-0.2, -0.15) is 0 Å². The highest BCUT2D eigenvalue weighted by atomic mass is 32.2. The van der Waals surface area contributed by atoms with Gasteiger partial charge in [-0.1, -0.05) is 25.5 Å². The fourth-order valence-corrected chi connectivity index (χ4v) is 2.88. The molecule has 0 unspecified atom stereocenters. The van der Waals surface area contributed by atoms with Crippen LogP contribution in [0.25, 0.3) is 0 Å². The number of nitrogens with two attached hydrogens (primary N) is 1. The van der Waals surface area contributed by atoms with Crippen LogP contribution in [0.1, 0.15) is 31.7 Å². The molecule has 0 spiro atoms. The van der Waals surface area contributed by atoms with Crippen molar-refractivity contribution in [3.8, 4) is 0 Å². The van der Waals surface area contributed by atoms with Crippen LogP contribution in [0.2, 0.25) is 0 Å². The van der Waals surface area contributed by atoms with E-state index in [1.807, 2.05) is 31.2 Å². The van der Waals surface area contributed by atoms with E-state index in [0.29, 0.717) is 13.0 Å². The first-order valence-corrected chi connectivity index (χ1v) is 8.00. The summed E-state index contributed by atoms with van der Waals surface area (Å²) in [5.41, 5.74) is 7.52. The number of benzene rings is 1. The number of anilines is 1. The van der Waals surface area contributed by atoms with Crippen molar-refractivity contribution in [2.24, 2.45) is 0 Å². The molecule has 0 heterocycles. The van der Waals surface area contributed by atoms with Gasteiger partial charge in [-0.15, -0.1) is 0 Å². The zero-order valence-corrected chi connectivity index (χ0v) is 11.7. The average Bonchev–Trinajstić information content (AvgIpc) is 2.34. The molecule has 1 aromatic rings. The van der Waals surface area contributed by atoms with Crippen LogP contribution in [0.3, 0.4) is 0 Å². The van der Waals surface area contributed by atoms with Gasteiger partial charge in [-0.25, -0.2) is 13.1 Å². The van der Waals surface area contributed by atoms with Crippen molar-refractivity contribution in [1.29, 1.82) is 0 Å². The van der Waals surface area contributed by atoms with Gasteiger partial charge >= 0.3 is 0 Å². The third-order valence-electron chi connectivity index (χ3n) is 2.71. The quantitative estimate of drug-likeness (QED) is 0.560. The second-order valence-electron chi connectivity index (χ2n) is 4.41. The Morgan fingerprint density at radius 1 is 1.17 bits per heavy atom. The Bertz CT molecular complexity index is 441. The lowest BCUT2D eigenvalue weighted by Gasteiger charge is -2.06. The molecule has 3 N–H and O–H groups in total. The number of hydrogen-bond acceptors (Lipinski definition) is 3. The van der Waals surface area contributed by atoms with Crippen LogP contribution >= 0.6 is 0 Å². The van der Waals surface area contributed by atoms with E-state index < -0.39 is 10.0 Å². The second kappa shape index (κ2) is 7.38. The van der Waals surface area contributed by atoms with E-state index in [4.69, 9.17) is 5.73 Å². The lowest BCUT2D eigenvalue weighted by molar-refractivity contribution is 0.575. The van der Waals surface area contributed by atoms with Gasteiger partial charge in [0.1, 0.15) is 0 Å². The molecular formula is C13H22N2O2S. The Morgan fingerprint density at radius 3 is 2.44 bits per heavy atom. The SMILES string of the molecule is CCCCS(=O)(=O)NCCCc1ccc(N)cc1. The number of nitrogen functional groups attached to an aromatic ring is 1. The molecule has 0 saturated heterocycles. The summed E-state index contributed by atoms with van der Waals surface area (Å²) >= 11 is 0. The molecule has 0 amide bonds. The van der Waals surface area contributed by atoms with E-state index in [2.05, 4.69) is 4.72 Å². The van der Waals surface area contributed by atoms with Crippen molar-refractivity contribution < 1.29 is 8.42 Å². The van der Waals surface area contributed by atoms with Crippen molar-refractivity contribution in [2.75, 3.05) is 18.0 Å². The lowest BCUT2D eigenvalue weighted by atomic mass is 10.1. The third kappa shape index (κ3) is 6.02. The van der Waals surface area contributed by atoms with Gasteiger partial charge in [0.15, 0.2) is 0 Å². The van der Waals surface area contributed by atoms with Gasteiger partial charge in [0.05, 0.1) is 5.75 Å². The minimum Gasteiger partial charge on any atom is -0.399 e. The van der Waals surface area contributed by atoms with Gasteiger partial charge < -0.3 is 5.73 Å². The molecule has 0 aliphatic heterocycles. The third-order valence-corrected chi connectivity index (χ3v) is 4.18. The standard InChI is InChI=1S/C13H22N2O2S/c1-2-3-11-18(16,17)15-10-4-5-12-6-8-13(14)9-7-12/h6-9,15H,2-5,10-11,14H2,1H3. The maximum absolute atomic E-state index is 11.5. The van der Waals surface area contributed by atoms with E-state index in [1.54, 1.807) is 0 Å². The maximum atomic E-state index is 11.5. The molecule has 0 atom stereocenters. The van der Waals surface area contributed by atoms with Gasteiger partial charge in [0, 0.05) is 12.2 Å². The van der Waals surface area contributed by atoms with Crippen molar-refractivity contribution in [3.63, 3.8) is 0 Å². The summed E-state index contributed by atoms with van der Waals surface area (Å²) in [6.07, 6.45) is 3.27. The highest BCUT2D eigenvalue weighted by Gasteiger charge is 2.07. The first-order valence-electron chi connectivity index (χ1n) is 6.35. The van der Waals surface area contributed by atoms with Crippen LogP contribution in [0.15, 0.2) is 24.3 Å². The van der Waals surface area contributed by atoms with Crippen LogP contribution < -0.4 is 10.5 Å². The van der Waals surface area contributed by atoms with Crippen LogP contribution in [0, 0.1) is 0 Å². The van der Waals surface area contributed by atoms with E-state index in [1.165, 1.54) is 5.56 Å². The number of sulfonamides is 1. The first-order chi connectivity index (χ1) is 8.53. The van der Waals surface area contributed by atoms with Crippen molar-refractivity contribution in [3.05, 3.63) is 29.8 Å². The molecular weight excluding hydrogens is 248 g/mol. The molecule has 102 valence electrons. The van der Waals surface area contributed by atoms with E-state index in [0.717, 1.165) is 24.9 Å². The Kier molecular flexibility index (Phi) is 6.15. The Labute approximate surface area is 110 Å². The molecule has 0 fully saturated rings. The zero-order valence-electron chi connectivity index (χ0n) is 10.9. The molecule has 0 radical (unpaired) electrons. The van der Waals surface area contributed by atoms with Crippen LogP contribution in [-0.2, 0) is 16.4 Å². The van der Waals surface area contributed by atoms with Crippen molar-refractivity contribution >= 4 is 15.7 Å². The summed E-state index contributed by atoms with van der Waals surface area (Å²) in [5, 5.41) is 0. The molecule has 1 rings (SSSR count). The monoisotopic (exact) mass is 270 g/mol. The summed E-state index contributed by atoms with van der Waals surface area (Å²) in [6.45, 7) is 2.48. The summed E-state index contributed by atoms with van der Waals surface area (Å²) in [6, 6.07) is 7.67. The Hall–Kier alpha value is -1.07. The lowest BCUT2D eigenvalue weighted by Crippen LogP contribution is -2.27.